The van der Waals surface area contributed by atoms with Crippen LogP contribution >= 0.6 is 0 Å². The molecule has 0 aromatic carbocycles. The van der Waals surface area contributed by atoms with Crippen LogP contribution < -0.4 is 4.90 Å². The monoisotopic (exact) mass is 261 g/mol. The third-order valence-electron chi connectivity index (χ3n) is 4.74. The number of fused-ring (bicyclic) bond motifs is 1. The van der Waals surface area contributed by atoms with Gasteiger partial charge < -0.3 is 10.0 Å². The maximum atomic E-state index is 9.21. The number of aliphatic hydroxyl groups is 1. The number of piperidine rings is 1. The summed E-state index contributed by atoms with van der Waals surface area (Å²) in [7, 11) is 0. The summed E-state index contributed by atoms with van der Waals surface area (Å²) in [6, 6.07) is 0.641. The van der Waals surface area contributed by atoms with Crippen LogP contribution in [-0.4, -0.2) is 27.7 Å². The third kappa shape index (κ3) is 2.46. The van der Waals surface area contributed by atoms with Gasteiger partial charge in [0.1, 0.15) is 0 Å². The molecule has 1 aromatic heterocycles. The van der Waals surface area contributed by atoms with E-state index in [0.717, 1.165) is 29.7 Å². The molecule has 0 bridgehead atoms. The van der Waals surface area contributed by atoms with Crippen LogP contribution in [0.15, 0.2) is 6.20 Å². The van der Waals surface area contributed by atoms with Gasteiger partial charge in [-0.15, -0.1) is 0 Å². The fourth-order valence-corrected chi connectivity index (χ4v) is 3.65. The first-order valence-electron chi connectivity index (χ1n) is 7.49. The van der Waals surface area contributed by atoms with Crippen molar-refractivity contribution in [3.8, 4) is 0 Å². The van der Waals surface area contributed by atoms with Crippen molar-refractivity contribution >= 4 is 5.95 Å². The summed E-state index contributed by atoms with van der Waals surface area (Å²) < 4.78 is 0. The number of anilines is 1. The highest BCUT2D eigenvalue weighted by Gasteiger charge is 2.34. The maximum absolute atomic E-state index is 9.21. The Morgan fingerprint density at radius 2 is 2.05 bits per heavy atom. The van der Waals surface area contributed by atoms with Gasteiger partial charge in [0.2, 0.25) is 5.95 Å². The van der Waals surface area contributed by atoms with E-state index in [2.05, 4.69) is 14.9 Å². The molecule has 1 N–H and O–H groups in total. The zero-order chi connectivity index (χ0) is 13.2. The Bertz CT molecular complexity index is 447. The van der Waals surface area contributed by atoms with Crippen molar-refractivity contribution in [2.24, 2.45) is 5.92 Å². The summed E-state index contributed by atoms with van der Waals surface area (Å²) in [5.41, 5.74) is 1.74. The molecule has 2 heterocycles. The van der Waals surface area contributed by atoms with E-state index >= 15 is 0 Å². The van der Waals surface area contributed by atoms with Crippen molar-refractivity contribution in [2.45, 2.75) is 58.1 Å². The van der Waals surface area contributed by atoms with Crippen molar-refractivity contribution in [3.05, 3.63) is 17.5 Å². The molecular formula is C15H23N3O. The molecule has 2 fully saturated rings. The van der Waals surface area contributed by atoms with Gasteiger partial charge in [0.15, 0.2) is 0 Å². The Kier molecular flexibility index (Phi) is 3.69. The van der Waals surface area contributed by atoms with Crippen LogP contribution in [0, 0.1) is 12.8 Å². The van der Waals surface area contributed by atoms with Crippen LogP contribution in [0.4, 0.5) is 5.95 Å². The Balaban J connectivity index is 1.85. The molecule has 4 heteroatoms. The molecule has 3 rings (SSSR count). The smallest absolute Gasteiger partial charge is 0.225 e. The second kappa shape index (κ2) is 5.45. The van der Waals surface area contributed by atoms with E-state index < -0.39 is 0 Å². The molecule has 1 saturated heterocycles. The molecule has 0 amide bonds. The van der Waals surface area contributed by atoms with E-state index in [1.807, 2.05) is 6.92 Å². The van der Waals surface area contributed by atoms with Crippen molar-refractivity contribution in [2.75, 3.05) is 11.4 Å². The quantitative estimate of drug-likeness (QED) is 0.888. The van der Waals surface area contributed by atoms with E-state index in [0.29, 0.717) is 6.04 Å². The number of rotatable bonds is 2. The summed E-state index contributed by atoms with van der Waals surface area (Å²) in [5, 5.41) is 9.21. The number of hydrogen-bond donors (Lipinski definition) is 1. The molecule has 0 radical (unpaired) electrons. The minimum atomic E-state index is 0.0260. The van der Waals surface area contributed by atoms with Gasteiger partial charge in [-0.1, -0.05) is 12.8 Å². The highest BCUT2D eigenvalue weighted by molar-refractivity contribution is 5.35. The van der Waals surface area contributed by atoms with Crippen molar-refractivity contribution in [1.29, 1.82) is 0 Å². The largest absolute Gasteiger partial charge is 0.392 e. The van der Waals surface area contributed by atoms with Gasteiger partial charge in [-0.05, 0) is 38.5 Å². The van der Waals surface area contributed by atoms with Gasteiger partial charge in [0.25, 0.3) is 0 Å². The highest BCUT2D eigenvalue weighted by Crippen LogP contribution is 2.36. The number of aromatic nitrogens is 2. The van der Waals surface area contributed by atoms with Crippen molar-refractivity contribution in [3.63, 3.8) is 0 Å². The Morgan fingerprint density at radius 1 is 1.26 bits per heavy atom. The zero-order valence-electron chi connectivity index (χ0n) is 11.7. The summed E-state index contributed by atoms with van der Waals surface area (Å²) in [5.74, 6) is 1.70. The van der Waals surface area contributed by atoms with Crippen LogP contribution in [0.2, 0.25) is 0 Å². The molecule has 4 nitrogen and oxygen atoms in total. The van der Waals surface area contributed by atoms with Crippen molar-refractivity contribution in [1.82, 2.24) is 9.97 Å². The van der Waals surface area contributed by atoms with Gasteiger partial charge in [0.05, 0.1) is 6.61 Å². The molecule has 2 atom stereocenters. The Morgan fingerprint density at radius 3 is 2.84 bits per heavy atom. The van der Waals surface area contributed by atoms with E-state index in [1.54, 1.807) is 6.20 Å². The predicted molar refractivity (Wildman–Crippen MR) is 75.0 cm³/mol. The molecule has 2 aliphatic rings. The third-order valence-corrected chi connectivity index (χ3v) is 4.74. The normalized spacial score (nSPS) is 27.2. The molecule has 104 valence electrons. The second-order valence-corrected chi connectivity index (χ2v) is 5.89. The number of nitrogens with zero attached hydrogens (tertiary/aromatic N) is 3. The molecule has 19 heavy (non-hydrogen) atoms. The van der Waals surface area contributed by atoms with Crippen LogP contribution in [0.3, 0.4) is 0 Å². The van der Waals surface area contributed by atoms with E-state index in [9.17, 15) is 5.11 Å². The lowest BCUT2D eigenvalue weighted by Crippen LogP contribution is -2.47. The second-order valence-electron chi connectivity index (χ2n) is 5.89. The fraction of sp³-hybridized carbons (Fsp3) is 0.733. The Labute approximate surface area is 114 Å². The van der Waals surface area contributed by atoms with Crippen LogP contribution in [-0.2, 0) is 6.61 Å². The van der Waals surface area contributed by atoms with E-state index in [4.69, 9.17) is 0 Å². The van der Waals surface area contributed by atoms with E-state index in [-0.39, 0.29) is 6.61 Å². The summed E-state index contributed by atoms with van der Waals surface area (Å²) in [6.45, 7) is 3.07. The molecule has 0 unspecified atom stereocenters. The lowest BCUT2D eigenvalue weighted by Gasteiger charge is -2.44. The number of hydrogen-bond acceptors (Lipinski definition) is 4. The summed E-state index contributed by atoms with van der Waals surface area (Å²) in [4.78, 5) is 11.5. The molecule has 1 aromatic rings. The van der Waals surface area contributed by atoms with Crippen LogP contribution in [0.5, 0.6) is 0 Å². The first kappa shape index (κ1) is 12.9. The minimum Gasteiger partial charge on any atom is -0.392 e. The summed E-state index contributed by atoms with van der Waals surface area (Å²) >= 11 is 0. The van der Waals surface area contributed by atoms with Gasteiger partial charge in [-0.25, -0.2) is 9.97 Å². The highest BCUT2D eigenvalue weighted by atomic mass is 16.3. The fourth-order valence-electron chi connectivity index (χ4n) is 3.65. The topological polar surface area (TPSA) is 49.2 Å². The lowest BCUT2D eigenvalue weighted by atomic mass is 9.78. The predicted octanol–water partition coefficient (Wildman–Crippen LogP) is 2.44. The average Bonchev–Trinajstić information content (AvgIpc) is 2.46. The minimum absolute atomic E-state index is 0.0260. The molecule has 0 spiro atoms. The van der Waals surface area contributed by atoms with Crippen LogP contribution in [0.25, 0.3) is 0 Å². The van der Waals surface area contributed by atoms with Gasteiger partial charge in [0, 0.05) is 30.0 Å². The molecule has 1 aliphatic carbocycles. The van der Waals surface area contributed by atoms with Gasteiger partial charge >= 0.3 is 0 Å². The standard InChI is InChI=1S/C15H23N3O/c1-11-13(10-19)9-16-15(17-11)18-8-4-6-12-5-2-3-7-14(12)18/h9,12,14,19H,2-8,10H2,1H3/t12-,14-/m1/s1. The van der Waals surface area contributed by atoms with Crippen LogP contribution in [0.1, 0.15) is 49.8 Å². The molecule has 1 saturated carbocycles. The lowest BCUT2D eigenvalue weighted by molar-refractivity contribution is 0.241. The number of aliphatic hydroxyl groups excluding tert-OH is 1. The number of aryl methyl sites for hydroxylation is 1. The Hall–Kier alpha value is -1.16. The van der Waals surface area contributed by atoms with E-state index in [1.165, 1.54) is 38.5 Å². The first-order chi connectivity index (χ1) is 9.29. The molecular weight excluding hydrogens is 238 g/mol. The molecule has 1 aliphatic heterocycles. The van der Waals surface area contributed by atoms with Crippen molar-refractivity contribution < 1.29 is 5.11 Å². The zero-order valence-corrected chi connectivity index (χ0v) is 11.7. The summed E-state index contributed by atoms with van der Waals surface area (Å²) in [6.07, 6.45) is 9.79. The van der Waals surface area contributed by atoms with Gasteiger partial charge in [-0.3, -0.25) is 0 Å². The van der Waals surface area contributed by atoms with Gasteiger partial charge in [-0.2, -0.15) is 0 Å². The SMILES string of the molecule is Cc1nc(N2CCC[C@H]3CCCC[C@H]32)ncc1CO. The average molecular weight is 261 g/mol. The maximum Gasteiger partial charge on any atom is 0.225 e. The first-order valence-corrected chi connectivity index (χ1v) is 7.49.